The van der Waals surface area contributed by atoms with E-state index in [4.69, 9.17) is 11.3 Å². The molecule has 4 rings (SSSR count). The summed E-state index contributed by atoms with van der Waals surface area (Å²) >= 11 is 0. The number of amides is 3. The molecule has 0 unspecified atom stereocenters. The Kier molecular flexibility index (Phi) is 8.45. The molecule has 0 bridgehead atoms. The maximum atomic E-state index is 13.5. The minimum atomic E-state index is -0.909. The first kappa shape index (κ1) is 27.6. The molecule has 9 heteroatoms. The molecule has 1 aliphatic rings. The molecule has 1 aromatic heterocycles. The van der Waals surface area contributed by atoms with Crippen molar-refractivity contribution < 1.29 is 19.1 Å². The van der Waals surface area contributed by atoms with Gasteiger partial charge < -0.3 is 20.2 Å². The number of anilines is 1. The van der Waals surface area contributed by atoms with Crippen LogP contribution in [-0.4, -0.2) is 58.1 Å². The summed E-state index contributed by atoms with van der Waals surface area (Å²) in [7, 11) is 0. The summed E-state index contributed by atoms with van der Waals surface area (Å²) in [4.78, 5) is 49.0. The zero-order chi connectivity index (χ0) is 28.0. The minimum Gasteiger partial charge on any atom is -0.444 e. The highest BCUT2D eigenvalue weighted by molar-refractivity contribution is 5.99. The normalized spacial score (nSPS) is 17.7. The molecule has 0 saturated carbocycles. The Morgan fingerprint density at radius 2 is 1.85 bits per heavy atom. The second kappa shape index (κ2) is 11.9. The summed E-state index contributed by atoms with van der Waals surface area (Å²) in [6, 6.07) is 16.8. The second-order valence-corrected chi connectivity index (χ2v) is 10.7. The fourth-order valence-corrected chi connectivity index (χ4v) is 4.54. The van der Waals surface area contributed by atoms with Gasteiger partial charge in [-0.2, -0.15) is 0 Å². The van der Waals surface area contributed by atoms with E-state index in [1.165, 1.54) is 4.90 Å². The number of fused-ring (bicyclic) bond motifs is 1. The van der Waals surface area contributed by atoms with E-state index in [9.17, 15) is 14.4 Å². The molecule has 0 aliphatic carbocycles. The molecule has 39 heavy (non-hydrogen) atoms. The zero-order valence-corrected chi connectivity index (χ0v) is 22.4. The van der Waals surface area contributed by atoms with E-state index in [1.54, 1.807) is 27.0 Å². The summed E-state index contributed by atoms with van der Waals surface area (Å²) in [5.74, 6) is -0.878. The van der Waals surface area contributed by atoms with Gasteiger partial charge in [-0.15, -0.1) is 0 Å². The van der Waals surface area contributed by atoms with Gasteiger partial charge in [0.2, 0.25) is 17.9 Å². The van der Waals surface area contributed by atoms with Crippen molar-refractivity contribution in [2.75, 3.05) is 11.9 Å². The summed E-state index contributed by atoms with van der Waals surface area (Å²) in [6.07, 6.45) is 2.00. The molecule has 3 atom stereocenters. The Balaban J connectivity index is 1.52. The Morgan fingerprint density at radius 3 is 2.56 bits per heavy atom. The molecule has 202 valence electrons. The Labute approximate surface area is 228 Å². The third-order valence-corrected chi connectivity index (χ3v) is 6.45. The molecule has 0 radical (unpaired) electrons. The van der Waals surface area contributed by atoms with Crippen LogP contribution in [0.25, 0.3) is 15.7 Å². The summed E-state index contributed by atoms with van der Waals surface area (Å²) in [5.41, 5.74) is 1.60. The van der Waals surface area contributed by atoms with Crippen molar-refractivity contribution in [2.45, 2.75) is 63.8 Å². The molecule has 9 nitrogen and oxygen atoms in total. The minimum absolute atomic E-state index is 0.0974. The quantitative estimate of drug-likeness (QED) is 0.438. The maximum Gasteiger partial charge on any atom is 0.411 e. The maximum absolute atomic E-state index is 13.5. The van der Waals surface area contributed by atoms with Crippen LogP contribution in [0.5, 0.6) is 0 Å². The number of benzene rings is 2. The first-order chi connectivity index (χ1) is 18.6. The van der Waals surface area contributed by atoms with Crippen molar-refractivity contribution in [1.29, 1.82) is 0 Å². The smallest absolute Gasteiger partial charge is 0.411 e. The fourth-order valence-electron chi connectivity index (χ4n) is 4.54. The van der Waals surface area contributed by atoms with Crippen LogP contribution in [0.1, 0.15) is 39.2 Å². The topological polar surface area (TPSA) is 105 Å². The van der Waals surface area contributed by atoms with Crippen LogP contribution in [0.4, 0.5) is 10.5 Å². The Bertz CT molecular complexity index is 1380. The van der Waals surface area contributed by atoms with Gasteiger partial charge in [-0.05, 0) is 51.3 Å². The van der Waals surface area contributed by atoms with Gasteiger partial charge in [0.25, 0.3) is 0 Å². The van der Waals surface area contributed by atoms with E-state index in [0.717, 1.165) is 16.5 Å². The molecule has 2 aromatic carbocycles. The van der Waals surface area contributed by atoms with Gasteiger partial charge in [-0.3, -0.25) is 19.5 Å². The number of hydrogen-bond donors (Lipinski definition) is 2. The molecule has 3 aromatic rings. The lowest BCUT2D eigenvalue weighted by Crippen LogP contribution is -2.52. The molecule has 0 spiro atoms. The number of likely N-dealkylation sites (tertiary alicyclic amines) is 1. The predicted molar refractivity (Wildman–Crippen MR) is 149 cm³/mol. The lowest BCUT2D eigenvalue weighted by Gasteiger charge is -2.28. The van der Waals surface area contributed by atoms with Crippen molar-refractivity contribution >= 4 is 34.5 Å². The average Bonchev–Trinajstić information content (AvgIpc) is 3.36. The molecule has 3 amide bonds. The number of nitrogens with zero attached hydrogens (tertiary/aromatic N) is 3. The molecule has 2 N–H and O–H groups in total. The van der Waals surface area contributed by atoms with Crippen molar-refractivity contribution in [2.24, 2.45) is 0 Å². The van der Waals surface area contributed by atoms with Crippen LogP contribution in [0.2, 0.25) is 0 Å². The summed E-state index contributed by atoms with van der Waals surface area (Å²) in [6.45, 7) is 12.8. The van der Waals surface area contributed by atoms with Crippen LogP contribution in [0.3, 0.4) is 0 Å². The average molecular weight is 528 g/mol. The van der Waals surface area contributed by atoms with Gasteiger partial charge >= 0.3 is 6.09 Å². The number of ether oxygens (including phenoxy) is 1. The van der Waals surface area contributed by atoms with Crippen LogP contribution in [0.15, 0.2) is 66.9 Å². The monoisotopic (exact) mass is 527 g/mol. The lowest BCUT2D eigenvalue weighted by molar-refractivity contribution is -0.129. The SMILES string of the molecule is [C-]#[N+][C@H]1C[C@@H](C(=O)N[C@@H](CCc2ccccc2)C(=O)Nc2cnc3ccccc3c2)N(C(=O)OC(C)(C)C)C1. The first-order valence-electron chi connectivity index (χ1n) is 13.0. The molecule has 2 heterocycles. The van der Waals surface area contributed by atoms with Crippen molar-refractivity contribution in [3.63, 3.8) is 0 Å². The van der Waals surface area contributed by atoms with Gasteiger partial charge in [-0.25, -0.2) is 11.4 Å². The summed E-state index contributed by atoms with van der Waals surface area (Å²) in [5, 5.41) is 6.62. The van der Waals surface area contributed by atoms with E-state index in [-0.39, 0.29) is 18.9 Å². The number of aryl methyl sites for hydroxylation is 1. The standard InChI is InChI=1S/C30H33N5O4/c1-30(2,3)39-29(38)35-19-23(31-4)17-26(35)28(37)34-25(15-14-20-10-6-5-7-11-20)27(36)33-22-16-21-12-8-9-13-24(21)32-18-22/h5-13,16,18,23,25-26H,14-15,17,19H2,1-3H3,(H,33,36)(H,34,37)/t23-,25-,26-/m0/s1. The molecule has 1 aliphatic heterocycles. The number of rotatable bonds is 7. The van der Waals surface area contributed by atoms with Crippen molar-refractivity contribution in [3.8, 4) is 0 Å². The molecule has 1 saturated heterocycles. The Morgan fingerprint density at radius 1 is 1.13 bits per heavy atom. The van der Waals surface area contributed by atoms with Crippen LogP contribution in [0, 0.1) is 6.57 Å². The lowest BCUT2D eigenvalue weighted by atomic mass is 10.0. The highest BCUT2D eigenvalue weighted by Gasteiger charge is 2.45. The highest BCUT2D eigenvalue weighted by Crippen LogP contribution is 2.24. The number of carbonyl (C=O) groups is 3. The second-order valence-electron chi connectivity index (χ2n) is 10.7. The number of hydrogen-bond acceptors (Lipinski definition) is 5. The van der Waals surface area contributed by atoms with Crippen LogP contribution in [-0.2, 0) is 20.7 Å². The van der Waals surface area contributed by atoms with Gasteiger partial charge in [-0.1, -0.05) is 48.5 Å². The number of carbonyl (C=O) groups excluding carboxylic acids is 3. The van der Waals surface area contributed by atoms with E-state index < -0.39 is 35.7 Å². The van der Waals surface area contributed by atoms with Crippen molar-refractivity contribution in [3.05, 3.63) is 83.8 Å². The number of pyridine rings is 1. The fraction of sp³-hybridized carbons (Fsp3) is 0.367. The van der Waals surface area contributed by atoms with Gasteiger partial charge in [0.15, 0.2) is 0 Å². The van der Waals surface area contributed by atoms with E-state index in [0.29, 0.717) is 18.5 Å². The third kappa shape index (κ3) is 7.32. The molecule has 1 fully saturated rings. The predicted octanol–water partition coefficient (Wildman–Crippen LogP) is 4.59. The van der Waals surface area contributed by atoms with Gasteiger partial charge in [0.05, 0.1) is 23.8 Å². The number of para-hydroxylation sites is 1. The third-order valence-electron chi connectivity index (χ3n) is 6.45. The Hall–Kier alpha value is -4.45. The van der Waals surface area contributed by atoms with E-state index >= 15 is 0 Å². The van der Waals surface area contributed by atoms with Crippen molar-refractivity contribution in [1.82, 2.24) is 15.2 Å². The van der Waals surface area contributed by atoms with E-state index in [1.807, 2.05) is 60.7 Å². The summed E-state index contributed by atoms with van der Waals surface area (Å²) < 4.78 is 5.48. The van der Waals surface area contributed by atoms with Crippen LogP contribution >= 0.6 is 0 Å². The first-order valence-corrected chi connectivity index (χ1v) is 13.0. The van der Waals surface area contributed by atoms with Gasteiger partial charge in [0.1, 0.15) is 24.2 Å². The molecular formula is C30H33N5O4. The van der Waals surface area contributed by atoms with E-state index in [2.05, 4.69) is 20.5 Å². The zero-order valence-electron chi connectivity index (χ0n) is 22.4. The number of nitrogens with one attached hydrogen (secondary N) is 2. The number of aromatic nitrogens is 1. The van der Waals surface area contributed by atoms with Crippen LogP contribution < -0.4 is 10.6 Å². The molecular weight excluding hydrogens is 494 g/mol. The largest absolute Gasteiger partial charge is 0.444 e. The highest BCUT2D eigenvalue weighted by atomic mass is 16.6. The van der Waals surface area contributed by atoms with Gasteiger partial charge in [0, 0.05) is 5.39 Å².